The van der Waals surface area contributed by atoms with Crippen molar-refractivity contribution in [3.63, 3.8) is 0 Å². The Morgan fingerprint density at radius 3 is 1.86 bits per heavy atom. The van der Waals surface area contributed by atoms with Gasteiger partial charge >= 0.3 is 12.2 Å². The summed E-state index contributed by atoms with van der Waals surface area (Å²) in [5.41, 5.74) is 0.833. The smallest absolute Gasteiger partial charge is 0.437 e. The average molecular weight is 515 g/mol. The Morgan fingerprint density at radius 2 is 1.41 bits per heavy atom. The fourth-order valence-corrected chi connectivity index (χ4v) is 3.47. The van der Waals surface area contributed by atoms with E-state index in [-0.39, 0.29) is 43.1 Å². The first-order valence-corrected chi connectivity index (χ1v) is 11.3. The van der Waals surface area contributed by atoms with Gasteiger partial charge in [-0.25, -0.2) is 9.59 Å². The predicted octanol–water partition coefficient (Wildman–Crippen LogP) is 3.13. The number of hydrogen-bond acceptors (Lipinski definition) is 9. The number of nitrogens with one attached hydrogen (secondary N) is 1. The summed E-state index contributed by atoms with van der Waals surface area (Å²) in [6, 6.07) is 10.9. The molecule has 1 saturated heterocycles. The molecule has 0 radical (unpaired) electrons. The number of amides is 2. The van der Waals surface area contributed by atoms with E-state index in [1.165, 1.54) is 48.5 Å². The number of piperidine rings is 1. The second-order valence-electron chi connectivity index (χ2n) is 8.15. The van der Waals surface area contributed by atoms with E-state index in [0.29, 0.717) is 37.1 Å². The van der Waals surface area contributed by atoms with Crippen LogP contribution >= 0.6 is 0 Å². The Labute approximate surface area is 210 Å². The average Bonchev–Trinajstić information content (AvgIpc) is 2.91. The number of carbonyl (C=O) groups excluding carboxylic acids is 2. The molecule has 1 aliphatic heterocycles. The van der Waals surface area contributed by atoms with Gasteiger partial charge in [0.05, 0.1) is 9.85 Å². The Morgan fingerprint density at radius 1 is 0.919 bits per heavy atom. The maximum atomic E-state index is 12.4. The number of benzene rings is 2. The molecule has 14 nitrogen and oxygen atoms in total. The van der Waals surface area contributed by atoms with Crippen LogP contribution in [0.25, 0.3) is 0 Å². The number of aliphatic imine (C=N–C) groups is 1. The van der Waals surface area contributed by atoms with Crippen molar-refractivity contribution < 1.29 is 34.0 Å². The van der Waals surface area contributed by atoms with Gasteiger partial charge in [0.15, 0.2) is 0 Å². The molecule has 2 amide bonds. The molecule has 196 valence electrons. The molecule has 0 spiro atoms. The van der Waals surface area contributed by atoms with Crippen LogP contribution in [0.4, 0.5) is 21.0 Å². The first kappa shape index (κ1) is 27.0. The van der Waals surface area contributed by atoms with Crippen molar-refractivity contribution in [3.8, 4) is 0 Å². The quantitative estimate of drug-likeness (QED) is 0.240. The highest BCUT2D eigenvalue weighted by Gasteiger charge is 2.24. The number of likely N-dealkylation sites (tertiary alicyclic amines) is 1. The summed E-state index contributed by atoms with van der Waals surface area (Å²) in [6.45, 7) is 0.506. The van der Waals surface area contributed by atoms with Gasteiger partial charge in [0.1, 0.15) is 13.2 Å². The van der Waals surface area contributed by atoms with Crippen LogP contribution in [0.15, 0.2) is 53.5 Å². The van der Waals surface area contributed by atoms with E-state index in [1.807, 2.05) is 0 Å². The van der Waals surface area contributed by atoms with Crippen LogP contribution < -0.4 is 5.32 Å². The van der Waals surface area contributed by atoms with Crippen LogP contribution in [-0.4, -0.2) is 57.7 Å². The first-order valence-electron chi connectivity index (χ1n) is 11.3. The lowest BCUT2D eigenvalue weighted by molar-refractivity contribution is -0.385. The van der Waals surface area contributed by atoms with Gasteiger partial charge in [-0.2, -0.15) is 0 Å². The third-order valence-corrected chi connectivity index (χ3v) is 5.61. The molecular formula is C23H25N5O9. The normalized spacial score (nSPS) is 14.1. The van der Waals surface area contributed by atoms with Crippen molar-refractivity contribution in [2.45, 2.75) is 26.1 Å². The number of carbonyl (C=O) groups is 2. The van der Waals surface area contributed by atoms with Gasteiger partial charge < -0.3 is 19.5 Å². The minimum atomic E-state index is -0.992. The molecule has 1 fully saturated rings. The topological polar surface area (TPSA) is 187 Å². The second-order valence-corrected chi connectivity index (χ2v) is 8.15. The van der Waals surface area contributed by atoms with Crippen LogP contribution in [0.3, 0.4) is 0 Å². The largest absolute Gasteiger partial charge is 0.444 e. The van der Waals surface area contributed by atoms with Crippen molar-refractivity contribution in [2.75, 3.05) is 19.7 Å². The molecule has 0 unspecified atom stereocenters. The minimum Gasteiger partial charge on any atom is -0.444 e. The van der Waals surface area contributed by atoms with E-state index in [2.05, 4.69) is 10.3 Å². The summed E-state index contributed by atoms with van der Waals surface area (Å²) in [5.74, 6) is 0.0134. The fourth-order valence-electron chi connectivity index (χ4n) is 3.47. The van der Waals surface area contributed by atoms with E-state index in [1.54, 1.807) is 4.90 Å². The number of non-ortho nitro benzene ring substituents is 2. The number of nitrogens with zero attached hydrogens (tertiary/aromatic N) is 4. The second kappa shape index (κ2) is 12.9. The van der Waals surface area contributed by atoms with Gasteiger partial charge in [-0.1, -0.05) is 0 Å². The first-order chi connectivity index (χ1) is 17.7. The van der Waals surface area contributed by atoms with Gasteiger partial charge in [-0.15, -0.1) is 4.99 Å². The monoisotopic (exact) mass is 515 g/mol. The molecule has 0 aromatic heterocycles. The Kier molecular flexibility index (Phi) is 9.43. The Balaban J connectivity index is 1.62. The Bertz CT molecular complexity index is 1140. The van der Waals surface area contributed by atoms with Crippen LogP contribution in [0.5, 0.6) is 0 Å². The van der Waals surface area contributed by atoms with Crippen molar-refractivity contribution in [1.29, 1.82) is 0 Å². The van der Waals surface area contributed by atoms with Crippen LogP contribution in [0.1, 0.15) is 24.0 Å². The highest BCUT2D eigenvalue weighted by molar-refractivity contribution is 5.98. The molecule has 14 heteroatoms. The zero-order valence-electron chi connectivity index (χ0n) is 19.6. The zero-order valence-corrected chi connectivity index (χ0v) is 19.6. The highest BCUT2D eigenvalue weighted by atomic mass is 16.6. The van der Waals surface area contributed by atoms with E-state index in [4.69, 9.17) is 9.47 Å². The molecule has 0 aliphatic carbocycles. The highest BCUT2D eigenvalue weighted by Crippen LogP contribution is 2.17. The lowest BCUT2D eigenvalue weighted by atomic mass is 9.98. The van der Waals surface area contributed by atoms with Gasteiger partial charge in [0.25, 0.3) is 11.4 Å². The minimum absolute atomic E-state index is 0.0301. The van der Waals surface area contributed by atoms with Gasteiger partial charge in [0, 0.05) is 44.0 Å². The molecule has 0 bridgehead atoms. The number of nitro groups is 2. The SMILES string of the molecule is O=C(N=C(NC(=O)OCc1ccc([N+](=O)[O-])cc1)N1CCC(CO)CC1)OCc1ccc([N+](=O)[O-])cc1. The molecule has 2 aromatic carbocycles. The summed E-state index contributed by atoms with van der Waals surface area (Å²) < 4.78 is 10.3. The molecule has 0 saturated carbocycles. The van der Waals surface area contributed by atoms with Gasteiger partial charge in [-0.05, 0) is 54.2 Å². The van der Waals surface area contributed by atoms with Crippen LogP contribution in [0.2, 0.25) is 0 Å². The zero-order chi connectivity index (χ0) is 26.8. The molecule has 2 aromatic rings. The third kappa shape index (κ3) is 8.24. The van der Waals surface area contributed by atoms with Gasteiger partial charge in [-0.3, -0.25) is 25.5 Å². The third-order valence-electron chi connectivity index (χ3n) is 5.61. The molecule has 3 rings (SSSR count). The number of alkyl carbamates (subject to hydrolysis) is 1. The summed E-state index contributed by atoms with van der Waals surface area (Å²) >= 11 is 0. The molecule has 2 N–H and O–H groups in total. The van der Waals surface area contributed by atoms with Crippen molar-refractivity contribution in [3.05, 3.63) is 79.9 Å². The number of aliphatic hydroxyl groups excluding tert-OH is 1. The maximum absolute atomic E-state index is 12.4. The van der Waals surface area contributed by atoms with Crippen molar-refractivity contribution in [2.24, 2.45) is 10.9 Å². The number of hydrogen-bond donors (Lipinski definition) is 2. The summed E-state index contributed by atoms with van der Waals surface area (Å²) in [4.78, 5) is 50.8. The standard InChI is InChI=1S/C23H25N5O9/c29-13-16-9-11-26(12-10-16)21(24-22(30)36-14-17-1-5-19(6-2-17)27(32)33)25-23(31)37-15-18-3-7-20(8-4-18)28(34)35/h1-8,16,29H,9-15H2,(H,24,25,30,31). The van der Waals surface area contributed by atoms with Gasteiger partial charge in [0.2, 0.25) is 5.96 Å². The number of nitro benzene ring substituents is 2. The molecule has 0 atom stereocenters. The van der Waals surface area contributed by atoms with Crippen LogP contribution in [-0.2, 0) is 22.7 Å². The van der Waals surface area contributed by atoms with E-state index >= 15 is 0 Å². The molecular weight excluding hydrogens is 490 g/mol. The van der Waals surface area contributed by atoms with E-state index < -0.39 is 22.0 Å². The van der Waals surface area contributed by atoms with Crippen LogP contribution in [0, 0.1) is 26.1 Å². The number of aliphatic hydroxyl groups is 1. The van der Waals surface area contributed by atoms with E-state index in [9.17, 15) is 34.9 Å². The number of rotatable bonds is 7. The summed E-state index contributed by atoms with van der Waals surface area (Å²) in [5, 5.41) is 33.3. The summed E-state index contributed by atoms with van der Waals surface area (Å²) in [7, 11) is 0. The lowest BCUT2D eigenvalue weighted by Gasteiger charge is -2.32. The lowest BCUT2D eigenvalue weighted by Crippen LogP contribution is -2.48. The summed E-state index contributed by atoms with van der Waals surface area (Å²) in [6.07, 6.45) is -0.655. The molecule has 1 aliphatic rings. The fraction of sp³-hybridized carbons (Fsp3) is 0.348. The molecule has 37 heavy (non-hydrogen) atoms. The van der Waals surface area contributed by atoms with E-state index in [0.717, 1.165) is 0 Å². The maximum Gasteiger partial charge on any atom is 0.437 e. The predicted molar refractivity (Wildman–Crippen MR) is 129 cm³/mol. The van der Waals surface area contributed by atoms with Crippen molar-refractivity contribution >= 4 is 29.5 Å². The van der Waals surface area contributed by atoms with Crippen molar-refractivity contribution in [1.82, 2.24) is 10.2 Å². The number of ether oxygens (including phenoxy) is 2. The number of guanidine groups is 1. The Hall–Kier alpha value is -4.59. The molecule has 1 heterocycles.